The van der Waals surface area contributed by atoms with E-state index >= 15 is 0 Å². The van der Waals surface area contributed by atoms with E-state index in [0.717, 1.165) is 23.8 Å². The Morgan fingerprint density at radius 3 is 2.04 bits per heavy atom. The number of fused-ring (bicyclic) bond motifs is 1. The van der Waals surface area contributed by atoms with Crippen molar-refractivity contribution in [2.75, 3.05) is 0 Å². The van der Waals surface area contributed by atoms with Gasteiger partial charge in [0.1, 0.15) is 5.82 Å². The predicted octanol–water partition coefficient (Wildman–Crippen LogP) is 4.66. The van der Waals surface area contributed by atoms with Gasteiger partial charge < -0.3 is 10.2 Å². The molecule has 2 N–H and O–H groups in total. The Balaban J connectivity index is 1.73. The highest BCUT2D eigenvalue weighted by atomic mass is 19.4. The Kier molecular flexibility index (Phi) is 2.72. The Hall–Kier alpha value is -2.18. The largest absolute Gasteiger partial charge is 0.494 e. The van der Waals surface area contributed by atoms with E-state index in [2.05, 4.69) is 0 Å². The third kappa shape index (κ3) is 1.86. The van der Waals surface area contributed by atoms with Crippen LogP contribution in [0.3, 0.4) is 0 Å². The molecule has 0 radical (unpaired) electrons. The van der Waals surface area contributed by atoms with Crippen molar-refractivity contribution in [1.29, 1.82) is 0 Å². The molecule has 1 aromatic heterocycles. The molecule has 0 amide bonds. The summed E-state index contributed by atoms with van der Waals surface area (Å²) in [6, 6.07) is 1.99. The van der Waals surface area contributed by atoms with Gasteiger partial charge in [0.05, 0.1) is 11.3 Å². The van der Waals surface area contributed by atoms with Gasteiger partial charge in [-0.1, -0.05) is 0 Å². The maximum atomic E-state index is 14.3. The van der Waals surface area contributed by atoms with Crippen molar-refractivity contribution >= 4 is 0 Å². The fourth-order valence-corrected chi connectivity index (χ4v) is 5.07. The number of halogens is 4. The number of nitrogens with zero attached hydrogens (tertiary/aromatic N) is 1. The second kappa shape index (κ2) is 4.51. The van der Waals surface area contributed by atoms with Crippen LogP contribution in [-0.4, -0.2) is 14.8 Å². The zero-order valence-electron chi connectivity index (χ0n) is 13.0. The highest BCUT2D eigenvalue weighted by Gasteiger charge is 2.59. The van der Waals surface area contributed by atoms with E-state index in [4.69, 9.17) is 0 Å². The lowest BCUT2D eigenvalue weighted by Gasteiger charge is -2.35. The summed E-state index contributed by atoms with van der Waals surface area (Å²) in [5, 5.41) is 21.3. The molecule has 2 aromatic rings. The third-order valence-electron chi connectivity index (χ3n) is 6.17. The summed E-state index contributed by atoms with van der Waals surface area (Å²) < 4.78 is 54.0. The zero-order chi connectivity index (χ0) is 17.7. The average molecular weight is 353 g/mol. The number of benzene rings is 1. The summed E-state index contributed by atoms with van der Waals surface area (Å²) in [6.45, 7) is 0. The number of rotatable bonds is 1. The zero-order valence-corrected chi connectivity index (χ0v) is 13.0. The summed E-state index contributed by atoms with van der Waals surface area (Å²) in [5.41, 5.74) is -0.305. The lowest BCUT2D eigenvalue weighted by atomic mass is 9.68. The van der Waals surface area contributed by atoms with Crippen LogP contribution in [0.4, 0.5) is 17.6 Å². The molecular formula is C18H15F4NO2. The minimum absolute atomic E-state index is 0.103. The van der Waals surface area contributed by atoms with Crippen molar-refractivity contribution in [1.82, 2.24) is 4.57 Å². The van der Waals surface area contributed by atoms with Gasteiger partial charge in [0.2, 0.25) is 11.8 Å². The molecule has 4 atom stereocenters. The molecule has 2 bridgehead atoms. The minimum atomic E-state index is -4.64. The molecular weight excluding hydrogens is 338 g/mol. The van der Waals surface area contributed by atoms with Crippen LogP contribution in [-0.2, 0) is 6.18 Å². The van der Waals surface area contributed by atoms with Crippen molar-refractivity contribution in [2.24, 2.45) is 11.8 Å². The highest BCUT2D eigenvalue weighted by Crippen LogP contribution is 2.70. The first-order valence-corrected chi connectivity index (χ1v) is 8.32. The highest BCUT2D eigenvalue weighted by molar-refractivity contribution is 5.60. The number of alkyl halides is 3. The lowest BCUT2D eigenvalue weighted by Crippen LogP contribution is -2.22. The van der Waals surface area contributed by atoms with Crippen LogP contribution in [0.15, 0.2) is 18.2 Å². The Bertz CT molecular complexity index is 862. The molecule has 25 heavy (non-hydrogen) atoms. The monoisotopic (exact) mass is 353 g/mol. The molecule has 3 nitrogen and oxygen atoms in total. The fraction of sp³-hybridized carbons (Fsp3) is 0.444. The summed E-state index contributed by atoms with van der Waals surface area (Å²) in [6.07, 6.45) is -1.80. The second-order valence-corrected chi connectivity index (χ2v) is 7.33. The molecule has 4 aliphatic carbocycles. The van der Waals surface area contributed by atoms with E-state index in [0.29, 0.717) is 41.2 Å². The van der Waals surface area contributed by atoms with E-state index in [9.17, 15) is 27.8 Å². The predicted molar refractivity (Wildman–Crippen MR) is 80.4 cm³/mol. The fourth-order valence-electron chi connectivity index (χ4n) is 5.07. The molecule has 1 aromatic carbocycles. The van der Waals surface area contributed by atoms with E-state index < -0.39 is 23.2 Å². The van der Waals surface area contributed by atoms with Crippen LogP contribution in [0.25, 0.3) is 5.69 Å². The summed E-state index contributed by atoms with van der Waals surface area (Å²) in [7, 11) is 0. The van der Waals surface area contributed by atoms with Gasteiger partial charge in [0.15, 0.2) is 0 Å². The third-order valence-corrected chi connectivity index (χ3v) is 6.17. The van der Waals surface area contributed by atoms with Gasteiger partial charge in [0.25, 0.3) is 0 Å². The maximum Gasteiger partial charge on any atom is 0.416 e. The molecule has 1 heterocycles. The average Bonchev–Trinajstić information content (AvgIpc) is 3.32. The summed E-state index contributed by atoms with van der Waals surface area (Å²) in [5.74, 6) is -0.436. The van der Waals surface area contributed by atoms with Gasteiger partial charge in [0, 0.05) is 11.1 Å². The number of hydrogen-bond acceptors (Lipinski definition) is 2. The van der Waals surface area contributed by atoms with E-state index in [1.165, 1.54) is 0 Å². The van der Waals surface area contributed by atoms with Gasteiger partial charge in [-0.25, -0.2) is 8.96 Å². The molecule has 0 aliphatic heterocycles. The van der Waals surface area contributed by atoms with Crippen LogP contribution in [0.5, 0.6) is 11.8 Å². The normalized spacial score (nSPS) is 29.4. The molecule has 0 unspecified atom stereocenters. The maximum absolute atomic E-state index is 14.3. The molecule has 2 fully saturated rings. The van der Waals surface area contributed by atoms with Gasteiger partial charge in [-0.3, -0.25) is 0 Å². The van der Waals surface area contributed by atoms with Crippen molar-refractivity contribution in [3.8, 4) is 17.4 Å². The van der Waals surface area contributed by atoms with E-state index in [-0.39, 0.29) is 23.6 Å². The van der Waals surface area contributed by atoms with Crippen LogP contribution < -0.4 is 0 Å². The number of hydrogen-bond donors (Lipinski definition) is 2. The van der Waals surface area contributed by atoms with Crippen LogP contribution in [0.1, 0.15) is 47.8 Å². The quantitative estimate of drug-likeness (QED) is 0.733. The Morgan fingerprint density at radius 2 is 1.52 bits per heavy atom. The molecule has 7 heteroatoms. The topological polar surface area (TPSA) is 45.4 Å². The molecule has 0 saturated heterocycles. The van der Waals surface area contributed by atoms with Crippen molar-refractivity contribution < 1.29 is 27.8 Å². The first kappa shape index (κ1) is 15.1. The first-order chi connectivity index (χ1) is 11.8. The summed E-state index contributed by atoms with van der Waals surface area (Å²) in [4.78, 5) is 0. The number of aromatic nitrogens is 1. The smallest absolute Gasteiger partial charge is 0.416 e. The summed E-state index contributed by atoms with van der Waals surface area (Å²) >= 11 is 0. The van der Waals surface area contributed by atoms with Crippen LogP contribution in [0.2, 0.25) is 0 Å². The van der Waals surface area contributed by atoms with Crippen LogP contribution in [0, 0.1) is 17.7 Å². The van der Waals surface area contributed by atoms with Crippen molar-refractivity contribution in [3.05, 3.63) is 40.7 Å². The molecule has 0 spiro atoms. The van der Waals surface area contributed by atoms with Crippen molar-refractivity contribution in [2.45, 2.75) is 37.3 Å². The molecule has 4 aliphatic rings. The van der Waals surface area contributed by atoms with Gasteiger partial charge in [-0.05, 0) is 61.1 Å². The van der Waals surface area contributed by atoms with E-state index in [1.807, 2.05) is 0 Å². The Labute approximate surface area is 140 Å². The first-order valence-electron chi connectivity index (χ1n) is 8.32. The van der Waals surface area contributed by atoms with Gasteiger partial charge >= 0.3 is 6.18 Å². The lowest BCUT2D eigenvalue weighted by molar-refractivity contribution is -0.137. The van der Waals surface area contributed by atoms with Crippen molar-refractivity contribution in [3.63, 3.8) is 0 Å². The molecule has 6 rings (SSSR count). The van der Waals surface area contributed by atoms with Gasteiger partial charge in [-0.15, -0.1) is 0 Å². The van der Waals surface area contributed by atoms with E-state index in [1.54, 1.807) is 0 Å². The molecule has 132 valence electrons. The standard InChI is InChI=1S/C18H15F4NO2/c19-12-4-1-7(18(20,21)22)5-13(12)23-16(24)14-8-2-3-9(11-6-10(8)11)15(14)17(23)25/h1,4-5,8-11,24-25H,2-3,6H2/t8-,9+,10+,11-. The molecule has 2 saturated carbocycles. The van der Waals surface area contributed by atoms with Crippen LogP contribution >= 0.6 is 0 Å². The number of aromatic hydroxyl groups is 2. The Morgan fingerprint density at radius 1 is 0.960 bits per heavy atom. The SMILES string of the molecule is Oc1c2c(c(O)n1-c1cc(C(F)(F)F)ccc1F)[C@@H]1CC[C@H]2[C@H]2C[C@H]21. The second-order valence-electron chi connectivity index (χ2n) is 7.33. The minimum Gasteiger partial charge on any atom is -0.494 e. The van der Waals surface area contributed by atoms with Gasteiger partial charge in [-0.2, -0.15) is 13.2 Å².